The summed E-state index contributed by atoms with van der Waals surface area (Å²) in [5.74, 6) is 4.52. The first-order valence-corrected chi connectivity index (χ1v) is 18.9. The Morgan fingerprint density at radius 1 is 0.868 bits per heavy atom. The van der Waals surface area contributed by atoms with Gasteiger partial charge in [-0.25, -0.2) is 4.79 Å². The van der Waals surface area contributed by atoms with Gasteiger partial charge in [0.1, 0.15) is 57.0 Å². The smallest absolute Gasteiger partial charge is 0.347 e. The number of hydrogen-bond acceptors (Lipinski definition) is 9. The maximum absolute atomic E-state index is 12.9. The van der Waals surface area contributed by atoms with Gasteiger partial charge in [-0.2, -0.15) is 0 Å². The molecule has 2 aromatic carbocycles. The number of fused-ring (bicyclic) bond motifs is 7. The number of ether oxygens (including phenoxy) is 5. The van der Waals surface area contributed by atoms with Crippen LogP contribution >= 0.6 is 0 Å². The Kier molecular flexibility index (Phi) is 9.52. The molecule has 6 atom stereocenters. The lowest BCUT2D eigenvalue weighted by Gasteiger charge is -2.56. The summed E-state index contributed by atoms with van der Waals surface area (Å²) in [6.45, 7) is 10.1. The normalized spacial score (nSPS) is 29.2. The number of ketones is 1. The fourth-order valence-electron chi connectivity index (χ4n) is 10.3. The summed E-state index contributed by atoms with van der Waals surface area (Å²) in [4.78, 5) is 36.6. The minimum Gasteiger partial charge on any atom is -0.497 e. The zero-order valence-electron chi connectivity index (χ0n) is 32.3. The minimum atomic E-state index is -0.507. The fraction of sp³-hybridized carbons (Fsp3) is 0.523. The Balaban J connectivity index is 0.000000167. The molecule has 4 aliphatic carbocycles. The van der Waals surface area contributed by atoms with Crippen molar-refractivity contribution in [3.05, 3.63) is 64.0 Å². The molecule has 1 aliphatic heterocycles. The van der Waals surface area contributed by atoms with Crippen LogP contribution in [0, 0.1) is 28.6 Å². The molecule has 5 aliphatic rings. The van der Waals surface area contributed by atoms with Crippen LogP contribution in [-0.4, -0.2) is 44.8 Å². The highest BCUT2D eigenvalue weighted by atomic mass is 16.5. The van der Waals surface area contributed by atoms with Crippen molar-refractivity contribution < 1.29 is 37.7 Å². The lowest BCUT2D eigenvalue weighted by Crippen LogP contribution is -2.50. The molecule has 282 valence electrons. The van der Waals surface area contributed by atoms with Gasteiger partial charge in [-0.3, -0.25) is 9.59 Å². The number of esters is 1. The van der Waals surface area contributed by atoms with Gasteiger partial charge in [-0.15, -0.1) is 0 Å². The van der Waals surface area contributed by atoms with Gasteiger partial charge in [-0.1, -0.05) is 37.6 Å². The molecular weight excluding hydrogens is 672 g/mol. The monoisotopic (exact) mass is 724 g/mol. The minimum absolute atomic E-state index is 0.0438. The highest BCUT2D eigenvalue weighted by Crippen LogP contribution is 2.64. The maximum Gasteiger partial charge on any atom is 0.347 e. The van der Waals surface area contributed by atoms with Crippen molar-refractivity contribution >= 4 is 28.8 Å². The highest BCUT2D eigenvalue weighted by Gasteiger charge is 2.58. The third-order valence-electron chi connectivity index (χ3n) is 13.0. The summed E-state index contributed by atoms with van der Waals surface area (Å²) in [6.07, 6.45) is 14.7. The predicted octanol–water partition coefficient (Wildman–Crippen LogP) is 9.12. The third kappa shape index (κ3) is 6.33. The number of benzene rings is 2. The van der Waals surface area contributed by atoms with Crippen LogP contribution in [0.3, 0.4) is 0 Å². The first kappa shape index (κ1) is 36.8. The number of allylic oxidation sites excluding steroid dienone is 1. The van der Waals surface area contributed by atoms with E-state index in [-0.39, 0.29) is 22.9 Å². The van der Waals surface area contributed by atoms with Gasteiger partial charge < -0.3 is 28.1 Å². The molecule has 8 rings (SSSR count). The van der Waals surface area contributed by atoms with Crippen molar-refractivity contribution in [3.8, 4) is 34.1 Å². The van der Waals surface area contributed by atoms with E-state index >= 15 is 0 Å². The van der Waals surface area contributed by atoms with Crippen molar-refractivity contribution in [2.75, 3.05) is 21.3 Å². The van der Waals surface area contributed by atoms with E-state index in [9.17, 15) is 14.4 Å². The molecule has 0 spiro atoms. The summed E-state index contributed by atoms with van der Waals surface area (Å²) in [7, 11) is 4.68. The van der Waals surface area contributed by atoms with Crippen LogP contribution in [0.1, 0.15) is 91.5 Å². The highest BCUT2D eigenvalue weighted by molar-refractivity contribution is 5.99. The van der Waals surface area contributed by atoms with Gasteiger partial charge in [0.25, 0.3) is 0 Å². The quantitative estimate of drug-likeness (QED) is 0.145. The van der Waals surface area contributed by atoms with Crippen molar-refractivity contribution in [1.29, 1.82) is 0 Å². The van der Waals surface area contributed by atoms with Gasteiger partial charge in [0.2, 0.25) is 0 Å². The average molecular weight is 725 g/mol. The summed E-state index contributed by atoms with van der Waals surface area (Å²) in [5, 5.41) is 0.576. The van der Waals surface area contributed by atoms with Gasteiger partial charge in [0.05, 0.1) is 26.9 Å². The number of methoxy groups -OCH3 is 3. The van der Waals surface area contributed by atoms with Gasteiger partial charge >= 0.3 is 11.6 Å². The molecule has 0 bridgehead atoms. The first-order valence-electron chi connectivity index (χ1n) is 18.9. The van der Waals surface area contributed by atoms with Crippen LogP contribution in [0.4, 0.5) is 0 Å². The van der Waals surface area contributed by atoms with E-state index in [0.717, 1.165) is 50.5 Å². The molecule has 0 radical (unpaired) electrons. The molecule has 0 saturated heterocycles. The van der Waals surface area contributed by atoms with Crippen LogP contribution in [0.15, 0.2) is 57.3 Å². The van der Waals surface area contributed by atoms with Gasteiger partial charge in [0, 0.05) is 31.2 Å². The molecule has 0 amide bonds. The second kappa shape index (κ2) is 13.7. The topological polar surface area (TPSA) is 111 Å². The molecule has 9 heteroatoms. The van der Waals surface area contributed by atoms with E-state index in [1.54, 1.807) is 44.6 Å². The van der Waals surface area contributed by atoms with Gasteiger partial charge in [0.15, 0.2) is 0 Å². The summed E-state index contributed by atoms with van der Waals surface area (Å²) < 4.78 is 33.8. The predicted molar refractivity (Wildman–Crippen MR) is 204 cm³/mol. The standard InChI is InChI=1S/C23H22O6.C21H30O3/c1-23(2)11-10-15-16(29-23)12-17-19(20(15)26-4)21(27-5)18(22(24)28-17)13-6-8-14(25-3)9-7-13;1-13(22)24-15-8-10-20(2)14(12-15)4-5-16-17-6-7-19(23)21(17,3)11-9-18(16)20/h6-12H,1-5H3;4,15-18H,5-12H2,1-3H3. The van der Waals surface area contributed by atoms with E-state index in [0.29, 0.717) is 68.6 Å². The number of carbonyl (C=O) groups excluding carboxylic acids is 2. The van der Waals surface area contributed by atoms with E-state index < -0.39 is 11.2 Å². The van der Waals surface area contributed by atoms with Crippen molar-refractivity contribution in [1.82, 2.24) is 0 Å². The van der Waals surface area contributed by atoms with Crippen LogP contribution in [0.25, 0.3) is 28.2 Å². The summed E-state index contributed by atoms with van der Waals surface area (Å²) >= 11 is 0. The summed E-state index contributed by atoms with van der Waals surface area (Å²) in [6, 6.07) is 8.84. The zero-order chi connectivity index (χ0) is 37.9. The average Bonchev–Trinajstić information content (AvgIpc) is 3.43. The molecule has 53 heavy (non-hydrogen) atoms. The molecule has 1 aromatic heterocycles. The molecule has 9 nitrogen and oxygen atoms in total. The second-order valence-electron chi connectivity index (χ2n) is 16.4. The van der Waals surface area contributed by atoms with E-state index in [1.807, 2.05) is 26.0 Å². The van der Waals surface area contributed by atoms with Crippen molar-refractivity contribution in [3.63, 3.8) is 0 Å². The zero-order valence-corrected chi connectivity index (χ0v) is 32.3. The van der Waals surface area contributed by atoms with Crippen LogP contribution in [0.5, 0.6) is 23.0 Å². The number of carbonyl (C=O) groups is 2. The van der Waals surface area contributed by atoms with E-state index in [1.165, 1.54) is 26.0 Å². The Morgan fingerprint density at radius 3 is 2.25 bits per heavy atom. The molecular formula is C44H52O9. The van der Waals surface area contributed by atoms with Crippen molar-refractivity contribution in [2.24, 2.45) is 28.6 Å². The summed E-state index contributed by atoms with van der Waals surface area (Å²) in [5.41, 5.74) is 2.84. The lowest BCUT2D eigenvalue weighted by molar-refractivity contribution is -0.148. The Labute approximate surface area is 311 Å². The molecule has 3 saturated carbocycles. The molecule has 3 aromatic rings. The number of hydrogen-bond donors (Lipinski definition) is 0. The molecule has 0 N–H and O–H groups in total. The fourth-order valence-corrected chi connectivity index (χ4v) is 10.3. The maximum atomic E-state index is 12.9. The molecule has 3 fully saturated rings. The Morgan fingerprint density at radius 2 is 1.57 bits per heavy atom. The largest absolute Gasteiger partial charge is 0.497 e. The van der Waals surface area contributed by atoms with Crippen LogP contribution < -0.4 is 24.6 Å². The number of rotatable bonds is 5. The van der Waals surface area contributed by atoms with Gasteiger partial charge in [-0.05, 0) is 105 Å². The molecule has 6 unspecified atom stereocenters. The lowest BCUT2D eigenvalue weighted by atomic mass is 9.48. The Bertz CT molecular complexity index is 2050. The molecule has 2 heterocycles. The van der Waals surface area contributed by atoms with Crippen molar-refractivity contribution in [2.45, 2.75) is 97.7 Å². The van der Waals surface area contributed by atoms with E-state index in [4.69, 9.17) is 28.1 Å². The number of Topliss-reactive ketones (excluding diaryl/α,β-unsaturated/α-hetero) is 1. The van der Waals surface area contributed by atoms with Crippen LogP contribution in [-0.2, 0) is 14.3 Å². The second-order valence-corrected chi connectivity index (χ2v) is 16.4. The SMILES string of the molecule is CC(=O)OC1CCC2(C)C(=CCC3C4CCC(=O)C4(C)CCC32)C1.COc1ccc(-c2c(OC)c3c(OC)c4c(cc3oc2=O)OC(C)(C)C=C4)cc1. The Hall–Kier alpha value is -4.53. The third-order valence-corrected chi connectivity index (χ3v) is 13.0. The first-order chi connectivity index (χ1) is 25.2. The van der Waals surface area contributed by atoms with E-state index in [2.05, 4.69) is 19.9 Å². The van der Waals surface area contributed by atoms with Crippen LogP contribution in [0.2, 0.25) is 0 Å².